The third-order valence-corrected chi connectivity index (χ3v) is 8.14. The van der Waals surface area contributed by atoms with Crippen LogP contribution >= 0.6 is 0 Å². The van der Waals surface area contributed by atoms with E-state index in [0.29, 0.717) is 32.4 Å². The van der Waals surface area contributed by atoms with Crippen molar-refractivity contribution in [2.24, 2.45) is 0 Å². The summed E-state index contributed by atoms with van der Waals surface area (Å²) in [6.45, 7) is 9.10. The van der Waals surface area contributed by atoms with Crippen LogP contribution in [0.3, 0.4) is 0 Å². The van der Waals surface area contributed by atoms with Crippen molar-refractivity contribution in [3.8, 4) is 0 Å². The van der Waals surface area contributed by atoms with Crippen LogP contribution in [-0.4, -0.2) is 56.6 Å². The largest absolute Gasteiger partial charge is 0.462 e. The fraction of sp³-hybridized carbons (Fsp3) is 0.921. The first-order chi connectivity index (χ1) is 22.4. The molecule has 272 valence electrons. The molecule has 0 saturated heterocycles. The van der Waals surface area contributed by atoms with Crippen molar-refractivity contribution in [1.29, 1.82) is 0 Å². The maximum absolute atomic E-state index is 12.6. The minimum atomic E-state index is -0.823. The summed E-state index contributed by atoms with van der Waals surface area (Å²) in [5.41, 5.74) is 0. The Labute approximate surface area is 283 Å². The van der Waals surface area contributed by atoms with Gasteiger partial charge in [0.25, 0.3) is 0 Å². The van der Waals surface area contributed by atoms with Gasteiger partial charge in [0, 0.05) is 26.0 Å². The van der Waals surface area contributed by atoms with E-state index >= 15 is 0 Å². The zero-order valence-electron chi connectivity index (χ0n) is 30.5. The normalized spacial score (nSPS) is 11.8. The SMILES string of the molecule is CCCCCCCCCCCCCC(=O)OCC(COC(=O)NCCCOC(C)C)OC(=O)CCCCCCCCCCCCC. The van der Waals surface area contributed by atoms with Crippen LogP contribution in [0.5, 0.6) is 0 Å². The van der Waals surface area contributed by atoms with Gasteiger partial charge in [-0.25, -0.2) is 4.79 Å². The molecular weight excluding hydrogens is 582 g/mol. The number of amides is 1. The number of hydrogen-bond acceptors (Lipinski definition) is 7. The van der Waals surface area contributed by atoms with Crippen molar-refractivity contribution in [3.63, 3.8) is 0 Å². The zero-order valence-corrected chi connectivity index (χ0v) is 30.5. The number of rotatable bonds is 34. The van der Waals surface area contributed by atoms with Gasteiger partial charge in [-0.2, -0.15) is 0 Å². The number of carbonyl (C=O) groups is 3. The van der Waals surface area contributed by atoms with Gasteiger partial charge >= 0.3 is 18.0 Å². The van der Waals surface area contributed by atoms with Crippen LogP contribution in [0.4, 0.5) is 4.79 Å². The molecule has 0 aliphatic carbocycles. The number of hydrogen-bond donors (Lipinski definition) is 1. The van der Waals surface area contributed by atoms with Gasteiger partial charge in [-0.05, 0) is 33.1 Å². The highest BCUT2D eigenvalue weighted by Gasteiger charge is 2.19. The van der Waals surface area contributed by atoms with Crippen LogP contribution in [0, 0.1) is 0 Å². The number of esters is 2. The molecule has 0 bridgehead atoms. The van der Waals surface area contributed by atoms with Crippen LogP contribution in [0.1, 0.15) is 188 Å². The number of ether oxygens (including phenoxy) is 4. The summed E-state index contributed by atoms with van der Waals surface area (Å²) >= 11 is 0. The fourth-order valence-electron chi connectivity index (χ4n) is 5.29. The van der Waals surface area contributed by atoms with E-state index in [9.17, 15) is 14.4 Å². The van der Waals surface area contributed by atoms with Crippen LogP contribution < -0.4 is 5.32 Å². The van der Waals surface area contributed by atoms with E-state index in [1.54, 1.807) is 0 Å². The standard InChI is InChI=1S/C38H73NO7/c1-5-7-9-11-13-15-17-19-21-23-25-28-36(40)44-32-35(33-45-38(42)39-30-27-31-43-34(3)4)46-37(41)29-26-24-22-20-18-16-14-12-10-8-6-2/h34-35H,5-33H2,1-4H3,(H,39,42). The van der Waals surface area contributed by atoms with Gasteiger partial charge in [-0.1, -0.05) is 142 Å². The van der Waals surface area contributed by atoms with Crippen molar-refractivity contribution >= 4 is 18.0 Å². The summed E-state index contributed by atoms with van der Waals surface area (Å²) in [6, 6.07) is 0. The molecule has 0 aliphatic rings. The molecule has 1 amide bonds. The molecule has 0 spiro atoms. The van der Waals surface area contributed by atoms with Gasteiger partial charge in [-0.3, -0.25) is 9.59 Å². The number of unbranched alkanes of at least 4 members (excludes halogenated alkanes) is 20. The molecule has 0 aliphatic heterocycles. The molecule has 0 radical (unpaired) electrons. The first kappa shape index (κ1) is 44.2. The summed E-state index contributed by atoms with van der Waals surface area (Å²) in [6.07, 6.45) is 26.7. The van der Waals surface area contributed by atoms with Crippen LogP contribution in [0.25, 0.3) is 0 Å². The quantitative estimate of drug-likeness (QED) is 0.0418. The van der Waals surface area contributed by atoms with E-state index in [1.165, 1.54) is 103 Å². The Kier molecular flexibility index (Phi) is 33.1. The molecule has 0 aromatic heterocycles. The van der Waals surface area contributed by atoms with E-state index in [4.69, 9.17) is 18.9 Å². The molecule has 1 atom stereocenters. The molecule has 8 heteroatoms. The van der Waals surface area contributed by atoms with E-state index in [0.717, 1.165) is 38.5 Å². The van der Waals surface area contributed by atoms with Crippen LogP contribution in [-0.2, 0) is 28.5 Å². The van der Waals surface area contributed by atoms with Crippen molar-refractivity contribution in [3.05, 3.63) is 0 Å². The van der Waals surface area contributed by atoms with E-state index in [1.807, 2.05) is 13.8 Å². The second-order valence-electron chi connectivity index (χ2n) is 13.2. The minimum Gasteiger partial charge on any atom is -0.462 e. The second kappa shape index (κ2) is 34.5. The predicted molar refractivity (Wildman–Crippen MR) is 188 cm³/mol. The Balaban J connectivity index is 4.30. The number of nitrogens with one attached hydrogen (secondary N) is 1. The molecule has 1 N–H and O–H groups in total. The van der Waals surface area contributed by atoms with Crippen LogP contribution in [0.2, 0.25) is 0 Å². The Hall–Kier alpha value is -1.83. The molecule has 0 aromatic carbocycles. The van der Waals surface area contributed by atoms with Gasteiger partial charge in [-0.15, -0.1) is 0 Å². The lowest BCUT2D eigenvalue weighted by molar-refractivity contribution is -0.161. The molecule has 0 aromatic rings. The monoisotopic (exact) mass is 656 g/mol. The molecule has 8 nitrogen and oxygen atoms in total. The molecule has 0 fully saturated rings. The molecular formula is C38H73NO7. The molecule has 46 heavy (non-hydrogen) atoms. The predicted octanol–water partition coefficient (Wildman–Crippen LogP) is 10.4. The Morgan fingerprint density at radius 3 is 1.39 bits per heavy atom. The highest BCUT2D eigenvalue weighted by Crippen LogP contribution is 2.14. The third-order valence-electron chi connectivity index (χ3n) is 8.14. The van der Waals surface area contributed by atoms with Crippen molar-refractivity contribution in [1.82, 2.24) is 5.32 Å². The minimum absolute atomic E-state index is 0.115. The van der Waals surface area contributed by atoms with E-state index < -0.39 is 12.2 Å². The summed E-state index contributed by atoms with van der Waals surface area (Å²) in [5, 5.41) is 2.68. The van der Waals surface area contributed by atoms with Gasteiger partial charge in [0.05, 0.1) is 6.10 Å². The molecule has 0 heterocycles. The summed E-state index contributed by atoms with van der Waals surface area (Å²) in [4.78, 5) is 37.1. The Morgan fingerprint density at radius 2 is 0.935 bits per heavy atom. The number of alkyl carbamates (subject to hydrolysis) is 1. The maximum atomic E-state index is 12.6. The van der Waals surface area contributed by atoms with E-state index in [2.05, 4.69) is 19.2 Å². The summed E-state index contributed by atoms with van der Waals surface area (Å²) < 4.78 is 21.8. The van der Waals surface area contributed by atoms with Crippen molar-refractivity contribution < 1.29 is 33.3 Å². The highest BCUT2D eigenvalue weighted by atomic mass is 16.6. The zero-order chi connectivity index (χ0) is 33.9. The molecule has 0 saturated carbocycles. The third kappa shape index (κ3) is 33.5. The molecule has 0 rings (SSSR count). The maximum Gasteiger partial charge on any atom is 0.407 e. The van der Waals surface area contributed by atoms with Crippen molar-refractivity contribution in [2.45, 2.75) is 200 Å². The number of carbonyl (C=O) groups excluding carboxylic acids is 3. The first-order valence-corrected chi connectivity index (χ1v) is 19.3. The average molecular weight is 656 g/mol. The first-order valence-electron chi connectivity index (χ1n) is 19.3. The Bertz CT molecular complexity index is 701. The lowest BCUT2D eigenvalue weighted by atomic mass is 10.1. The van der Waals surface area contributed by atoms with Crippen LogP contribution in [0.15, 0.2) is 0 Å². The summed E-state index contributed by atoms with van der Waals surface area (Å²) in [7, 11) is 0. The fourth-order valence-corrected chi connectivity index (χ4v) is 5.29. The van der Waals surface area contributed by atoms with Crippen molar-refractivity contribution in [2.75, 3.05) is 26.4 Å². The average Bonchev–Trinajstić information content (AvgIpc) is 3.03. The Morgan fingerprint density at radius 1 is 0.522 bits per heavy atom. The van der Waals surface area contributed by atoms with Gasteiger partial charge in [0.15, 0.2) is 6.10 Å². The van der Waals surface area contributed by atoms with Gasteiger partial charge < -0.3 is 24.3 Å². The topological polar surface area (TPSA) is 100 Å². The lowest BCUT2D eigenvalue weighted by Crippen LogP contribution is -2.34. The van der Waals surface area contributed by atoms with E-state index in [-0.39, 0.29) is 31.3 Å². The highest BCUT2D eigenvalue weighted by molar-refractivity contribution is 5.70. The smallest absolute Gasteiger partial charge is 0.407 e. The summed E-state index contributed by atoms with van der Waals surface area (Å²) in [5.74, 6) is -0.658. The van der Waals surface area contributed by atoms with Gasteiger partial charge in [0.2, 0.25) is 0 Å². The van der Waals surface area contributed by atoms with Gasteiger partial charge in [0.1, 0.15) is 13.2 Å². The second-order valence-corrected chi connectivity index (χ2v) is 13.2. The lowest BCUT2D eigenvalue weighted by Gasteiger charge is -2.18. The molecule has 1 unspecified atom stereocenters.